The normalized spacial score (nSPS) is 10.5. The molecule has 0 atom stereocenters. The summed E-state index contributed by atoms with van der Waals surface area (Å²) in [5.41, 5.74) is 3.40. The zero-order valence-electron chi connectivity index (χ0n) is 18.2. The van der Waals surface area contributed by atoms with Gasteiger partial charge < -0.3 is 10.2 Å². The second-order valence-corrected chi connectivity index (χ2v) is 8.22. The number of carbonyl (C=O) groups is 2. The fourth-order valence-corrected chi connectivity index (χ4v) is 3.67. The Balaban J connectivity index is 1.52. The maximum absolute atomic E-state index is 13.3. The molecule has 0 aliphatic rings. The van der Waals surface area contributed by atoms with Crippen LogP contribution in [0.25, 0.3) is 0 Å². The van der Waals surface area contributed by atoms with Crippen molar-refractivity contribution >= 4 is 34.8 Å². The number of benzene rings is 4. The summed E-state index contributed by atoms with van der Waals surface area (Å²) in [6, 6.07) is 29.5. The molecular weight excluding hydrogens is 451 g/mol. The third kappa shape index (κ3) is 6.09. The van der Waals surface area contributed by atoms with E-state index in [-0.39, 0.29) is 18.2 Å². The van der Waals surface area contributed by atoms with E-state index in [2.05, 4.69) is 5.32 Å². The molecule has 4 rings (SSSR count). The Bertz CT molecular complexity index is 1280. The number of carbonyl (C=O) groups excluding carboxylic acids is 2. The van der Waals surface area contributed by atoms with Crippen molar-refractivity contribution in [3.05, 3.63) is 131 Å². The molecule has 4 aromatic rings. The maximum atomic E-state index is 13.3. The van der Waals surface area contributed by atoms with Crippen LogP contribution in [0.5, 0.6) is 0 Å². The van der Waals surface area contributed by atoms with Crippen molar-refractivity contribution in [2.24, 2.45) is 0 Å². The maximum Gasteiger partial charge on any atom is 0.258 e. The molecule has 0 saturated carbocycles. The van der Waals surface area contributed by atoms with Crippen molar-refractivity contribution in [2.45, 2.75) is 13.0 Å². The van der Waals surface area contributed by atoms with E-state index in [1.807, 2.05) is 54.6 Å². The predicted molar refractivity (Wildman–Crippen MR) is 134 cm³/mol. The quantitative estimate of drug-likeness (QED) is 0.333. The average molecular weight is 473 g/mol. The van der Waals surface area contributed by atoms with Gasteiger partial charge in [0, 0.05) is 22.0 Å². The van der Waals surface area contributed by atoms with Gasteiger partial charge in [0.15, 0.2) is 0 Å². The number of rotatable bonds is 7. The summed E-state index contributed by atoms with van der Waals surface area (Å²) >= 11 is 5.98. The Morgan fingerprint density at radius 2 is 1.50 bits per heavy atom. The van der Waals surface area contributed by atoms with Crippen LogP contribution in [0.2, 0.25) is 5.02 Å². The standard InChI is InChI=1S/C28H22ClFN2O2/c29-23-13-11-22(12-14-23)28(34)32(19-21-5-2-1-3-6-21)26-15-9-20(10-16-26)17-27(33)31-25-8-4-7-24(30)18-25/h1-16,18H,17,19H2,(H,31,33). The highest BCUT2D eigenvalue weighted by Crippen LogP contribution is 2.22. The van der Waals surface area contributed by atoms with E-state index >= 15 is 0 Å². The summed E-state index contributed by atoms with van der Waals surface area (Å²) in [6.45, 7) is 0.391. The summed E-state index contributed by atoms with van der Waals surface area (Å²) < 4.78 is 13.3. The van der Waals surface area contributed by atoms with Gasteiger partial charge in [-0.2, -0.15) is 0 Å². The monoisotopic (exact) mass is 472 g/mol. The highest BCUT2D eigenvalue weighted by atomic mass is 35.5. The Morgan fingerprint density at radius 3 is 2.18 bits per heavy atom. The number of hydrogen-bond acceptors (Lipinski definition) is 2. The van der Waals surface area contributed by atoms with Gasteiger partial charge >= 0.3 is 0 Å². The molecule has 0 saturated heterocycles. The van der Waals surface area contributed by atoms with E-state index < -0.39 is 5.82 Å². The van der Waals surface area contributed by atoms with Crippen LogP contribution in [0.1, 0.15) is 21.5 Å². The van der Waals surface area contributed by atoms with Gasteiger partial charge in [0.1, 0.15) is 5.82 Å². The lowest BCUT2D eigenvalue weighted by molar-refractivity contribution is -0.115. The van der Waals surface area contributed by atoms with E-state index in [1.54, 1.807) is 41.3 Å². The Morgan fingerprint density at radius 1 is 0.794 bits per heavy atom. The van der Waals surface area contributed by atoms with Crippen LogP contribution in [-0.4, -0.2) is 11.8 Å². The summed E-state index contributed by atoms with van der Waals surface area (Å²) in [4.78, 5) is 27.4. The molecule has 34 heavy (non-hydrogen) atoms. The molecule has 0 aliphatic carbocycles. The molecule has 0 fully saturated rings. The van der Waals surface area contributed by atoms with Gasteiger partial charge in [-0.05, 0) is 65.7 Å². The second-order valence-electron chi connectivity index (χ2n) is 7.79. The molecular formula is C28H22ClFN2O2. The first-order chi connectivity index (χ1) is 16.5. The summed E-state index contributed by atoms with van der Waals surface area (Å²) in [6.07, 6.45) is 0.126. The molecule has 1 N–H and O–H groups in total. The highest BCUT2D eigenvalue weighted by molar-refractivity contribution is 6.30. The molecule has 4 nitrogen and oxygen atoms in total. The SMILES string of the molecule is O=C(Cc1ccc(N(Cc2ccccc2)C(=O)c2ccc(Cl)cc2)cc1)Nc1cccc(F)c1. The van der Waals surface area contributed by atoms with E-state index in [9.17, 15) is 14.0 Å². The number of nitrogens with zero attached hydrogens (tertiary/aromatic N) is 1. The van der Waals surface area contributed by atoms with Gasteiger partial charge in [0.05, 0.1) is 13.0 Å². The fourth-order valence-electron chi connectivity index (χ4n) is 3.55. The van der Waals surface area contributed by atoms with Gasteiger partial charge in [0.25, 0.3) is 5.91 Å². The predicted octanol–water partition coefficient (Wildman–Crippen LogP) is 6.51. The molecule has 0 bridgehead atoms. The van der Waals surface area contributed by atoms with Crippen LogP contribution >= 0.6 is 11.6 Å². The molecule has 0 spiro atoms. The lowest BCUT2D eigenvalue weighted by atomic mass is 10.1. The van der Waals surface area contributed by atoms with Crippen molar-refractivity contribution in [2.75, 3.05) is 10.2 Å². The first-order valence-electron chi connectivity index (χ1n) is 10.7. The smallest absolute Gasteiger partial charge is 0.258 e. The second kappa shape index (κ2) is 10.8. The highest BCUT2D eigenvalue weighted by Gasteiger charge is 2.18. The molecule has 0 aliphatic heterocycles. The van der Waals surface area contributed by atoms with Crippen molar-refractivity contribution < 1.29 is 14.0 Å². The first kappa shape index (κ1) is 23.2. The van der Waals surface area contributed by atoms with Crippen LogP contribution in [0, 0.1) is 5.82 Å². The van der Waals surface area contributed by atoms with Crippen LogP contribution in [-0.2, 0) is 17.8 Å². The third-order valence-corrected chi connectivity index (χ3v) is 5.49. The first-order valence-corrected chi connectivity index (χ1v) is 11.1. The summed E-state index contributed by atoms with van der Waals surface area (Å²) in [7, 11) is 0. The molecule has 0 heterocycles. The van der Waals surface area contributed by atoms with Crippen LogP contribution in [0.4, 0.5) is 15.8 Å². The van der Waals surface area contributed by atoms with Crippen LogP contribution < -0.4 is 10.2 Å². The molecule has 170 valence electrons. The molecule has 0 radical (unpaired) electrons. The Kier molecular flexibility index (Phi) is 7.35. The zero-order chi connectivity index (χ0) is 23.9. The Labute approximate surface area is 202 Å². The lowest BCUT2D eigenvalue weighted by Crippen LogP contribution is -2.30. The molecule has 6 heteroatoms. The molecule has 0 unspecified atom stereocenters. The number of amides is 2. The van der Waals surface area contributed by atoms with Crippen molar-refractivity contribution in [3.63, 3.8) is 0 Å². The topological polar surface area (TPSA) is 49.4 Å². The number of hydrogen-bond donors (Lipinski definition) is 1. The zero-order valence-corrected chi connectivity index (χ0v) is 19.0. The molecule has 4 aromatic carbocycles. The van der Waals surface area contributed by atoms with Gasteiger partial charge in [-0.15, -0.1) is 0 Å². The third-order valence-electron chi connectivity index (χ3n) is 5.24. The van der Waals surface area contributed by atoms with Crippen molar-refractivity contribution in [1.82, 2.24) is 0 Å². The van der Waals surface area contributed by atoms with E-state index in [4.69, 9.17) is 11.6 Å². The number of nitrogens with one attached hydrogen (secondary N) is 1. The van der Waals surface area contributed by atoms with Crippen LogP contribution in [0.15, 0.2) is 103 Å². The summed E-state index contributed by atoms with van der Waals surface area (Å²) in [5, 5.41) is 3.25. The van der Waals surface area contributed by atoms with Crippen LogP contribution in [0.3, 0.4) is 0 Å². The van der Waals surface area contributed by atoms with E-state index in [0.29, 0.717) is 28.5 Å². The Hall–Kier alpha value is -3.96. The van der Waals surface area contributed by atoms with Crippen molar-refractivity contribution in [1.29, 1.82) is 0 Å². The van der Waals surface area contributed by atoms with E-state index in [1.165, 1.54) is 12.1 Å². The molecule has 2 amide bonds. The van der Waals surface area contributed by atoms with E-state index in [0.717, 1.165) is 11.1 Å². The van der Waals surface area contributed by atoms with Gasteiger partial charge in [0.2, 0.25) is 5.91 Å². The van der Waals surface area contributed by atoms with Crippen molar-refractivity contribution in [3.8, 4) is 0 Å². The van der Waals surface area contributed by atoms with Gasteiger partial charge in [-0.3, -0.25) is 9.59 Å². The minimum absolute atomic E-state index is 0.126. The summed E-state index contributed by atoms with van der Waals surface area (Å²) in [5.74, 6) is -0.820. The minimum atomic E-state index is -0.411. The lowest BCUT2D eigenvalue weighted by Gasteiger charge is -2.23. The fraction of sp³-hybridized carbons (Fsp3) is 0.0714. The number of anilines is 2. The van der Waals surface area contributed by atoms with Gasteiger partial charge in [-0.1, -0.05) is 60.1 Å². The molecule has 0 aromatic heterocycles. The number of halogens is 2. The minimum Gasteiger partial charge on any atom is -0.326 e. The average Bonchev–Trinajstić information content (AvgIpc) is 2.84. The van der Waals surface area contributed by atoms with Gasteiger partial charge in [-0.25, -0.2) is 4.39 Å². The largest absolute Gasteiger partial charge is 0.326 e.